The molecule has 2 aromatic carbocycles. The van der Waals surface area contributed by atoms with E-state index in [0.717, 1.165) is 43.7 Å². The van der Waals surface area contributed by atoms with Crippen molar-refractivity contribution < 1.29 is 13.9 Å². The standard InChI is InChI=1S/C24H23N3O3/c1-29-16-13-26(14-16)9-10-27-20-5-2-15(24-25-8-11-30-24)12-19(20)23-18-4-7-22(28)17(18)3-6-21(23)27/h2-3,5-6,8,11-12,16H,4,7,9-10,13-14H2,1H3. The molecule has 2 aliphatic rings. The second kappa shape index (κ2) is 6.79. The average molecular weight is 401 g/mol. The van der Waals surface area contributed by atoms with Crippen molar-refractivity contribution in [3.8, 4) is 11.5 Å². The van der Waals surface area contributed by atoms with Crippen LogP contribution in [0.15, 0.2) is 47.2 Å². The Kier molecular flexibility index (Phi) is 4.04. The molecule has 30 heavy (non-hydrogen) atoms. The first-order chi connectivity index (χ1) is 14.7. The van der Waals surface area contributed by atoms with Gasteiger partial charge in [0.15, 0.2) is 5.78 Å². The lowest BCUT2D eigenvalue weighted by Crippen LogP contribution is -2.52. The van der Waals surface area contributed by atoms with Gasteiger partial charge in [0.1, 0.15) is 6.26 Å². The molecule has 0 atom stereocenters. The van der Waals surface area contributed by atoms with Crippen LogP contribution in [0.5, 0.6) is 0 Å². The smallest absolute Gasteiger partial charge is 0.225 e. The summed E-state index contributed by atoms with van der Waals surface area (Å²) in [6, 6.07) is 10.5. The number of benzene rings is 2. The van der Waals surface area contributed by atoms with Crippen LogP contribution >= 0.6 is 0 Å². The van der Waals surface area contributed by atoms with Crippen molar-refractivity contribution in [3.63, 3.8) is 0 Å². The number of nitrogens with zero attached hydrogens (tertiary/aromatic N) is 3. The summed E-state index contributed by atoms with van der Waals surface area (Å²) in [5.41, 5.74) is 5.42. The van der Waals surface area contributed by atoms with Crippen molar-refractivity contribution >= 4 is 27.6 Å². The zero-order valence-corrected chi connectivity index (χ0v) is 16.9. The number of rotatable bonds is 5. The van der Waals surface area contributed by atoms with Gasteiger partial charge >= 0.3 is 0 Å². The lowest BCUT2D eigenvalue weighted by atomic mass is 10.0. The number of ketones is 1. The number of carbonyl (C=O) groups excluding carboxylic acids is 1. The molecule has 6 nitrogen and oxygen atoms in total. The fourth-order valence-corrected chi connectivity index (χ4v) is 4.99. The quantitative estimate of drug-likeness (QED) is 0.507. The van der Waals surface area contributed by atoms with Gasteiger partial charge in [-0.25, -0.2) is 4.98 Å². The van der Waals surface area contributed by atoms with Crippen LogP contribution in [0.3, 0.4) is 0 Å². The van der Waals surface area contributed by atoms with E-state index in [9.17, 15) is 4.79 Å². The van der Waals surface area contributed by atoms with Gasteiger partial charge in [0, 0.05) is 72.6 Å². The van der Waals surface area contributed by atoms with E-state index in [4.69, 9.17) is 9.15 Å². The number of carbonyl (C=O) groups is 1. The van der Waals surface area contributed by atoms with Gasteiger partial charge in [-0.3, -0.25) is 9.69 Å². The molecule has 0 N–H and O–H groups in total. The number of Topliss-reactive ketones (excluding diaryl/α,β-unsaturated/α-hetero) is 1. The number of fused-ring (bicyclic) bond motifs is 5. The fourth-order valence-electron chi connectivity index (χ4n) is 4.99. The van der Waals surface area contributed by atoms with Crippen LogP contribution in [-0.2, 0) is 17.7 Å². The highest BCUT2D eigenvalue weighted by atomic mass is 16.5. The third-order valence-electron chi connectivity index (χ3n) is 6.62. The highest BCUT2D eigenvalue weighted by molar-refractivity contribution is 6.15. The number of methoxy groups -OCH3 is 1. The summed E-state index contributed by atoms with van der Waals surface area (Å²) >= 11 is 0. The monoisotopic (exact) mass is 401 g/mol. The Bertz CT molecular complexity index is 1270. The van der Waals surface area contributed by atoms with Gasteiger partial charge in [-0.1, -0.05) is 0 Å². The molecule has 6 heteroatoms. The van der Waals surface area contributed by atoms with E-state index in [-0.39, 0.29) is 5.78 Å². The number of aromatic nitrogens is 2. The number of hydrogen-bond donors (Lipinski definition) is 0. The van der Waals surface area contributed by atoms with Crippen molar-refractivity contribution in [2.45, 2.75) is 25.5 Å². The van der Waals surface area contributed by atoms with Gasteiger partial charge in [0.25, 0.3) is 0 Å². The van der Waals surface area contributed by atoms with E-state index in [2.05, 4.69) is 38.7 Å². The maximum Gasteiger partial charge on any atom is 0.225 e. The molecule has 1 aliphatic heterocycles. The first kappa shape index (κ1) is 17.9. The van der Waals surface area contributed by atoms with E-state index in [1.807, 2.05) is 6.07 Å². The molecule has 152 valence electrons. The molecular weight excluding hydrogens is 378 g/mol. The summed E-state index contributed by atoms with van der Waals surface area (Å²) in [5.74, 6) is 0.871. The topological polar surface area (TPSA) is 60.5 Å². The molecule has 1 saturated heterocycles. The van der Waals surface area contributed by atoms with Crippen LogP contribution in [0, 0.1) is 0 Å². The van der Waals surface area contributed by atoms with E-state index in [1.54, 1.807) is 19.6 Å². The second-order valence-corrected chi connectivity index (χ2v) is 8.25. The summed E-state index contributed by atoms with van der Waals surface area (Å²) in [4.78, 5) is 19.1. The number of hydrogen-bond acceptors (Lipinski definition) is 5. The molecule has 2 aromatic heterocycles. The molecule has 6 rings (SSSR count). The largest absolute Gasteiger partial charge is 0.445 e. The van der Waals surface area contributed by atoms with Crippen LogP contribution in [0.4, 0.5) is 0 Å². The summed E-state index contributed by atoms with van der Waals surface area (Å²) in [5, 5.41) is 2.38. The average Bonchev–Trinajstić information content (AvgIpc) is 3.45. The lowest BCUT2D eigenvalue weighted by Gasteiger charge is -2.38. The van der Waals surface area contributed by atoms with Gasteiger partial charge in [-0.15, -0.1) is 0 Å². The van der Waals surface area contributed by atoms with Gasteiger partial charge < -0.3 is 13.7 Å². The normalized spacial score (nSPS) is 17.2. The summed E-state index contributed by atoms with van der Waals surface area (Å²) < 4.78 is 13.3. The number of ether oxygens (including phenoxy) is 1. The van der Waals surface area contributed by atoms with Gasteiger partial charge in [0.2, 0.25) is 5.89 Å². The van der Waals surface area contributed by atoms with Crippen LogP contribution < -0.4 is 0 Å². The minimum atomic E-state index is 0.253. The van der Waals surface area contributed by atoms with E-state index < -0.39 is 0 Å². The van der Waals surface area contributed by atoms with Crippen LogP contribution in [0.2, 0.25) is 0 Å². The molecule has 4 aromatic rings. The van der Waals surface area contributed by atoms with Crippen LogP contribution in [0.1, 0.15) is 22.3 Å². The Morgan fingerprint density at radius 3 is 2.80 bits per heavy atom. The molecule has 0 spiro atoms. The fraction of sp³-hybridized carbons (Fsp3) is 0.333. The van der Waals surface area contributed by atoms with E-state index in [0.29, 0.717) is 18.4 Å². The first-order valence-corrected chi connectivity index (χ1v) is 10.5. The Labute approximate surface area is 174 Å². The molecule has 0 saturated carbocycles. The van der Waals surface area contributed by atoms with Crippen LogP contribution in [-0.4, -0.2) is 53.1 Å². The predicted octanol–water partition coefficient (Wildman–Crippen LogP) is 3.91. The molecule has 0 bridgehead atoms. The van der Waals surface area contributed by atoms with Crippen molar-refractivity contribution in [3.05, 3.63) is 53.9 Å². The SMILES string of the molecule is COC1CN(CCn2c3ccc(-c4ncco4)cc3c3c4c(ccc32)C(=O)CC4)C1. The maximum atomic E-state index is 12.4. The van der Waals surface area contributed by atoms with Gasteiger partial charge in [-0.2, -0.15) is 0 Å². The second-order valence-electron chi connectivity index (χ2n) is 8.25. The van der Waals surface area contributed by atoms with E-state index in [1.165, 1.54) is 27.4 Å². The summed E-state index contributed by atoms with van der Waals surface area (Å²) in [6.45, 7) is 3.87. The Hall–Kier alpha value is -2.96. The Balaban J connectivity index is 1.49. The first-order valence-electron chi connectivity index (χ1n) is 10.5. The van der Waals surface area contributed by atoms with Gasteiger partial charge in [0.05, 0.1) is 12.3 Å². The van der Waals surface area contributed by atoms with Crippen molar-refractivity contribution in [2.24, 2.45) is 0 Å². The highest BCUT2D eigenvalue weighted by Crippen LogP contribution is 2.38. The van der Waals surface area contributed by atoms with Crippen molar-refractivity contribution in [2.75, 3.05) is 26.7 Å². The summed E-state index contributed by atoms with van der Waals surface area (Å²) in [7, 11) is 1.78. The maximum absolute atomic E-state index is 12.4. The van der Waals surface area contributed by atoms with Crippen LogP contribution in [0.25, 0.3) is 33.3 Å². The molecular formula is C24H23N3O3. The van der Waals surface area contributed by atoms with Crippen molar-refractivity contribution in [1.82, 2.24) is 14.5 Å². The number of oxazole rings is 1. The zero-order valence-electron chi connectivity index (χ0n) is 16.9. The minimum Gasteiger partial charge on any atom is -0.445 e. The molecule has 0 radical (unpaired) electrons. The zero-order chi connectivity index (χ0) is 20.2. The molecule has 0 amide bonds. The Morgan fingerprint density at radius 1 is 1.13 bits per heavy atom. The third kappa shape index (κ3) is 2.64. The molecule has 0 unspecified atom stereocenters. The number of aryl methyl sites for hydroxylation is 1. The third-order valence-corrected chi connectivity index (χ3v) is 6.62. The molecule has 1 aliphatic carbocycles. The van der Waals surface area contributed by atoms with E-state index >= 15 is 0 Å². The molecule has 3 heterocycles. The predicted molar refractivity (Wildman–Crippen MR) is 115 cm³/mol. The lowest BCUT2D eigenvalue weighted by molar-refractivity contribution is -0.0301. The van der Waals surface area contributed by atoms with Crippen molar-refractivity contribution in [1.29, 1.82) is 0 Å². The highest BCUT2D eigenvalue weighted by Gasteiger charge is 2.28. The minimum absolute atomic E-state index is 0.253. The number of likely N-dealkylation sites (tertiary alicyclic amines) is 1. The molecule has 1 fully saturated rings. The van der Waals surface area contributed by atoms with Gasteiger partial charge in [-0.05, 0) is 42.3 Å². The summed E-state index contributed by atoms with van der Waals surface area (Å²) in [6.07, 6.45) is 5.04. The Morgan fingerprint density at radius 2 is 2.00 bits per heavy atom.